The quantitative estimate of drug-likeness (QED) is 0.795. The molecule has 0 N–H and O–H groups in total. The Kier molecular flexibility index (Phi) is 5.05. The number of likely N-dealkylation sites (tertiary alicyclic amines) is 1. The maximum Gasteiger partial charge on any atom is 0.151 e. The van der Waals surface area contributed by atoms with Crippen LogP contribution in [0.1, 0.15) is 19.3 Å². The lowest BCUT2D eigenvalue weighted by molar-refractivity contribution is -0.119. The second-order valence-electron chi connectivity index (χ2n) is 6.15. The van der Waals surface area contributed by atoms with E-state index in [4.69, 9.17) is 0 Å². The third kappa shape index (κ3) is 3.47. The molecule has 5 heteroatoms. The van der Waals surface area contributed by atoms with E-state index in [0.29, 0.717) is 0 Å². The number of hydrogen-bond donors (Lipinski definition) is 0. The number of carbonyl (C=O) groups excluding carboxylic acids is 1. The third-order valence-corrected chi connectivity index (χ3v) is 4.77. The summed E-state index contributed by atoms with van der Waals surface area (Å²) in [5.74, 6) is -0.200. The van der Waals surface area contributed by atoms with Crippen LogP contribution in [-0.4, -0.2) is 61.5 Å². The summed E-state index contributed by atoms with van der Waals surface area (Å²) in [6.45, 7) is 5.56. The van der Waals surface area contributed by atoms with Crippen molar-refractivity contribution in [2.24, 2.45) is 0 Å². The summed E-state index contributed by atoms with van der Waals surface area (Å²) in [6, 6.07) is 6.66. The number of hydrogen-bond acceptors (Lipinski definition) is 4. The van der Waals surface area contributed by atoms with E-state index in [1.807, 2.05) is 12.1 Å². The molecule has 120 valence electrons. The van der Waals surface area contributed by atoms with Gasteiger partial charge in [0, 0.05) is 45.0 Å². The molecular weight excluding hydrogens is 281 g/mol. The molecule has 1 unspecified atom stereocenters. The zero-order valence-corrected chi connectivity index (χ0v) is 13.0. The smallest absolute Gasteiger partial charge is 0.151 e. The Morgan fingerprint density at radius 1 is 0.864 bits per heavy atom. The number of carbonyl (C=O) groups is 1. The molecule has 0 aromatic heterocycles. The van der Waals surface area contributed by atoms with Crippen LogP contribution in [0.3, 0.4) is 0 Å². The van der Waals surface area contributed by atoms with E-state index in [-0.39, 0.29) is 12.0 Å². The van der Waals surface area contributed by atoms with E-state index < -0.39 is 0 Å². The Bertz CT molecular complexity index is 479. The summed E-state index contributed by atoms with van der Waals surface area (Å²) in [4.78, 5) is 18.4. The van der Waals surface area contributed by atoms with Crippen molar-refractivity contribution in [3.05, 3.63) is 30.1 Å². The molecule has 22 heavy (non-hydrogen) atoms. The Morgan fingerprint density at radius 3 is 2.05 bits per heavy atom. The molecule has 0 spiro atoms. The highest BCUT2D eigenvalue weighted by Crippen LogP contribution is 2.19. The zero-order chi connectivity index (χ0) is 15.4. The van der Waals surface area contributed by atoms with Crippen molar-refractivity contribution in [2.75, 3.05) is 44.2 Å². The van der Waals surface area contributed by atoms with Crippen LogP contribution in [0.25, 0.3) is 0 Å². The van der Waals surface area contributed by atoms with Crippen LogP contribution >= 0.6 is 0 Å². The molecular formula is C17H24FN3O. The molecule has 0 aliphatic carbocycles. The molecule has 0 amide bonds. The lowest BCUT2D eigenvalue weighted by Crippen LogP contribution is -2.57. The molecule has 4 nitrogen and oxygen atoms in total. The molecule has 2 fully saturated rings. The number of rotatable bonds is 4. The van der Waals surface area contributed by atoms with Gasteiger partial charge in [0.2, 0.25) is 0 Å². The number of piperidine rings is 1. The number of nitrogens with zero attached hydrogens (tertiary/aromatic N) is 3. The van der Waals surface area contributed by atoms with Crippen molar-refractivity contribution in [1.82, 2.24) is 9.80 Å². The van der Waals surface area contributed by atoms with Crippen molar-refractivity contribution < 1.29 is 9.18 Å². The van der Waals surface area contributed by atoms with Crippen molar-refractivity contribution in [2.45, 2.75) is 25.4 Å². The first-order valence-corrected chi connectivity index (χ1v) is 8.22. The SMILES string of the molecule is O=CC(N1CCCCC1)N1CCN(c2ccc(F)cc2)CC1. The van der Waals surface area contributed by atoms with Crippen LogP contribution in [0.2, 0.25) is 0 Å². The Balaban J connectivity index is 1.58. The molecule has 0 bridgehead atoms. The highest BCUT2D eigenvalue weighted by molar-refractivity contribution is 5.57. The van der Waals surface area contributed by atoms with Crippen molar-refractivity contribution >= 4 is 12.0 Å². The van der Waals surface area contributed by atoms with Gasteiger partial charge < -0.3 is 9.69 Å². The minimum Gasteiger partial charge on any atom is -0.369 e. The van der Waals surface area contributed by atoms with Crippen LogP contribution in [-0.2, 0) is 4.79 Å². The molecule has 2 aliphatic heterocycles. The first-order chi connectivity index (χ1) is 10.8. The number of aldehydes is 1. The minimum absolute atomic E-state index is 0.0735. The van der Waals surface area contributed by atoms with Gasteiger partial charge in [-0.25, -0.2) is 4.39 Å². The molecule has 1 aromatic rings. The fourth-order valence-corrected chi connectivity index (χ4v) is 3.48. The van der Waals surface area contributed by atoms with Crippen molar-refractivity contribution in [1.29, 1.82) is 0 Å². The van der Waals surface area contributed by atoms with Crippen LogP contribution in [0.5, 0.6) is 0 Å². The van der Waals surface area contributed by atoms with E-state index in [1.165, 1.54) is 31.4 Å². The number of piperazine rings is 1. The monoisotopic (exact) mass is 305 g/mol. The predicted octanol–water partition coefficient (Wildman–Crippen LogP) is 1.96. The van der Waals surface area contributed by atoms with E-state index in [1.54, 1.807) is 0 Å². The number of halogens is 1. The largest absolute Gasteiger partial charge is 0.369 e. The van der Waals surface area contributed by atoms with Crippen molar-refractivity contribution in [3.8, 4) is 0 Å². The van der Waals surface area contributed by atoms with Gasteiger partial charge in [-0.3, -0.25) is 9.80 Å². The highest BCUT2D eigenvalue weighted by Gasteiger charge is 2.28. The van der Waals surface area contributed by atoms with Gasteiger partial charge in [-0.1, -0.05) is 6.42 Å². The number of benzene rings is 1. The van der Waals surface area contributed by atoms with Gasteiger partial charge in [0.05, 0.1) is 0 Å². The fraction of sp³-hybridized carbons (Fsp3) is 0.588. The second-order valence-corrected chi connectivity index (χ2v) is 6.15. The topological polar surface area (TPSA) is 26.8 Å². The summed E-state index contributed by atoms with van der Waals surface area (Å²) in [7, 11) is 0. The zero-order valence-electron chi connectivity index (χ0n) is 13.0. The van der Waals surface area contributed by atoms with Crippen LogP contribution in [0.15, 0.2) is 24.3 Å². The third-order valence-electron chi connectivity index (χ3n) is 4.77. The molecule has 2 aliphatic rings. The molecule has 0 radical (unpaired) electrons. The summed E-state index contributed by atoms with van der Waals surface area (Å²) in [5, 5.41) is 0. The summed E-state index contributed by atoms with van der Waals surface area (Å²) in [5.41, 5.74) is 1.06. The molecule has 1 atom stereocenters. The standard InChI is InChI=1S/C17H24FN3O/c18-15-4-6-16(7-5-15)19-10-12-21(13-11-19)17(14-22)20-8-2-1-3-9-20/h4-7,14,17H,1-3,8-13H2. The van der Waals surface area contributed by atoms with E-state index >= 15 is 0 Å². The Labute approximate surface area is 131 Å². The molecule has 2 saturated heterocycles. The summed E-state index contributed by atoms with van der Waals surface area (Å²) in [6.07, 6.45) is 4.69. The van der Waals surface area contributed by atoms with Gasteiger partial charge in [-0.05, 0) is 37.1 Å². The van der Waals surface area contributed by atoms with E-state index in [9.17, 15) is 9.18 Å². The predicted molar refractivity (Wildman–Crippen MR) is 85.5 cm³/mol. The van der Waals surface area contributed by atoms with Crippen molar-refractivity contribution in [3.63, 3.8) is 0 Å². The Hall–Kier alpha value is -1.46. The van der Waals surface area contributed by atoms with Crippen LogP contribution in [0.4, 0.5) is 10.1 Å². The van der Waals surface area contributed by atoms with Gasteiger partial charge in [-0.15, -0.1) is 0 Å². The van der Waals surface area contributed by atoms with E-state index in [2.05, 4.69) is 14.7 Å². The number of anilines is 1. The first-order valence-electron chi connectivity index (χ1n) is 8.22. The van der Waals surface area contributed by atoms with Crippen LogP contribution < -0.4 is 4.90 Å². The fourth-order valence-electron chi connectivity index (χ4n) is 3.48. The summed E-state index contributed by atoms with van der Waals surface area (Å²) < 4.78 is 13.0. The minimum atomic E-state index is -0.200. The molecule has 0 saturated carbocycles. The lowest BCUT2D eigenvalue weighted by atomic mass is 10.1. The molecule has 3 rings (SSSR count). The second kappa shape index (κ2) is 7.20. The molecule has 2 heterocycles. The highest BCUT2D eigenvalue weighted by atomic mass is 19.1. The van der Waals surface area contributed by atoms with Gasteiger partial charge >= 0.3 is 0 Å². The van der Waals surface area contributed by atoms with Gasteiger partial charge in [-0.2, -0.15) is 0 Å². The maximum atomic E-state index is 13.0. The average molecular weight is 305 g/mol. The van der Waals surface area contributed by atoms with E-state index in [0.717, 1.165) is 51.2 Å². The average Bonchev–Trinajstić information content (AvgIpc) is 2.58. The molecule has 1 aromatic carbocycles. The Morgan fingerprint density at radius 2 is 1.45 bits per heavy atom. The normalized spacial score (nSPS) is 22.5. The maximum absolute atomic E-state index is 13.0. The van der Waals surface area contributed by atoms with Crippen LogP contribution in [0, 0.1) is 5.82 Å². The first kappa shape index (κ1) is 15.4. The lowest BCUT2D eigenvalue weighted by Gasteiger charge is -2.43. The van der Waals surface area contributed by atoms with Gasteiger partial charge in [0.25, 0.3) is 0 Å². The summed E-state index contributed by atoms with van der Waals surface area (Å²) >= 11 is 0. The van der Waals surface area contributed by atoms with Gasteiger partial charge in [0.1, 0.15) is 12.0 Å². The van der Waals surface area contributed by atoms with Gasteiger partial charge in [0.15, 0.2) is 6.29 Å².